The summed E-state index contributed by atoms with van der Waals surface area (Å²) in [6.07, 6.45) is 0.333. The smallest absolute Gasteiger partial charge is 0.240 e. The molecule has 6 nitrogen and oxygen atoms in total. The van der Waals surface area contributed by atoms with Crippen LogP contribution in [0.5, 0.6) is 5.75 Å². The topological polar surface area (TPSA) is 75.7 Å². The molecule has 1 N–H and O–H groups in total. The minimum Gasteiger partial charge on any atom is -0.497 e. The molecule has 1 aliphatic heterocycles. The number of sulfonamides is 1. The van der Waals surface area contributed by atoms with E-state index in [9.17, 15) is 13.2 Å². The second-order valence-corrected chi connectivity index (χ2v) is 7.70. The third kappa shape index (κ3) is 4.00. The number of nitrogens with zero attached hydrogens (tertiary/aromatic N) is 1. The van der Waals surface area contributed by atoms with E-state index in [1.165, 1.54) is 19.2 Å². The highest BCUT2D eigenvalue weighted by Gasteiger charge is 2.31. The molecule has 132 valence electrons. The fourth-order valence-electron chi connectivity index (χ4n) is 2.84. The molecule has 0 aliphatic carbocycles. The third-order valence-electron chi connectivity index (χ3n) is 4.20. The number of rotatable bonds is 6. The van der Waals surface area contributed by atoms with Gasteiger partial charge in [-0.3, -0.25) is 4.79 Å². The number of hydrogen-bond acceptors (Lipinski definition) is 4. The Morgan fingerprint density at radius 2 is 1.80 bits per heavy atom. The summed E-state index contributed by atoms with van der Waals surface area (Å²) < 4.78 is 32.4. The molecule has 1 heterocycles. The molecule has 1 saturated heterocycles. The van der Waals surface area contributed by atoms with Gasteiger partial charge < -0.3 is 9.64 Å². The van der Waals surface area contributed by atoms with E-state index < -0.39 is 10.0 Å². The van der Waals surface area contributed by atoms with Crippen molar-refractivity contribution >= 4 is 21.6 Å². The molecule has 1 amide bonds. The lowest BCUT2D eigenvalue weighted by atomic mass is 10.1. The minimum absolute atomic E-state index is 0.0137. The summed E-state index contributed by atoms with van der Waals surface area (Å²) in [7, 11) is -2.08. The fourth-order valence-corrected chi connectivity index (χ4v) is 3.96. The Morgan fingerprint density at radius 1 is 1.12 bits per heavy atom. The van der Waals surface area contributed by atoms with E-state index in [2.05, 4.69) is 4.72 Å². The van der Waals surface area contributed by atoms with Crippen molar-refractivity contribution in [2.24, 2.45) is 5.92 Å². The summed E-state index contributed by atoms with van der Waals surface area (Å²) in [5, 5.41) is 0. The third-order valence-corrected chi connectivity index (χ3v) is 5.64. The number of carbonyl (C=O) groups is 1. The molecule has 0 saturated carbocycles. The lowest BCUT2D eigenvalue weighted by Gasteiger charge is -2.17. The Hall–Kier alpha value is -2.38. The molecule has 0 spiro atoms. The second kappa shape index (κ2) is 7.25. The molecular weight excluding hydrogens is 340 g/mol. The van der Waals surface area contributed by atoms with Crippen LogP contribution in [0.15, 0.2) is 59.5 Å². The molecule has 3 rings (SSSR count). The summed E-state index contributed by atoms with van der Waals surface area (Å²) in [5.74, 6) is 0.555. The zero-order chi connectivity index (χ0) is 17.9. The quantitative estimate of drug-likeness (QED) is 0.855. The summed E-state index contributed by atoms with van der Waals surface area (Å²) in [4.78, 5) is 14.1. The van der Waals surface area contributed by atoms with E-state index in [0.29, 0.717) is 18.7 Å². The Bertz CT molecular complexity index is 835. The molecule has 2 aromatic carbocycles. The van der Waals surface area contributed by atoms with Crippen molar-refractivity contribution in [1.82, 2.24) is 4.72 Å². The van der Waals surface area contributed by atoms with Crippen LogP contribution in [-0.4, -0.2) is 34.5 Å². The van der Waals surface area contributed by atoms with Gasteiger partial charge in [-0.15, -0.1) is 0 Å². The van der Waals surface area contributed by atoms with Crippen LogP contribution in [0.3, 0.4) is 0 Å². The van der Waals surface area contributed by atoms with Crippen LogP contribution in [0, 0.1) is 5.92 Å². The highest BCUT2D eigenvalue weighted by atomic mass is 32.2. The van der Waals surface area contributed by atoms with Gasteiger partial charge in [0.15, 0.2) is 0 Å². The van der Waals surface area contributed by atoms with Crippen molar-refractivity contribution in [2.45, 2.75) is 11.3 Å². The van der Waals surface area contributed by atoms with Gasteiger partial charge in [0, 0.05) is 25.2 Å². The first-order chi connectivity index (χ1) is 12.0. The number of amides is 1. The molecule has 7 heteroatoms. The Kier molecular flexibility index (Phi) is 5.06. The van der Waals surface area contributed by atoms with Crippen molar-refractivity contribution in [2.75, 3.05) is 25.1 Å². The predicted octanol–water partition coefficient (Wildman–Crippen LogP) is 2.03. The minimum atomic E-state index is -3.61. The van der Waals surface area contributed by atoms with Crippen LogP contribution in [0.2, 0.25) is 0 Å². The van der Waals surface area contributed by atoms with E-state index in [1.807, 2.05) is 30.3 Å². The molecule has 1 fully saturated rings. The molecule has 1 aliphatic rings. The number of hydrogen-bond donors (Lipinski definition) is 1. The van der Waals surface area contributed by atoms with Crippen LogP contribution < -0.4 is 14.4 Å². The van der Waals surface area contributed by atoms with Crippen LogP contribution in [0.25, 0.3) is 0 Å². The number of ether oxygens (including phenoxy) is 1. The first-order valence-electron chi connectivity index (χ1n) is 7.99. The van der Waals surface area contributed by atoms with Crippen LogP contribution in [0.1, 0.15) is 6.42 Å². The molecular formula is C18H20N2O4S. The predicted molar refractivity (Wildman–Crippen MR) is 95.1 cm³/mol. The molecule has 1 atom stereocenters. The van der Waals surface area contributed by atoms with Crippen molar-refractivity contribution in [3.8, 4) is 5.75 Å². The average molecular weight is 360 g/mol. The molecule has 0 aromatic heterocycles. The van der Waals surface area contributed by atoms with Crippen molar-refractivity contribution in [1.29, 1.82) is 0 Å². The Labute approximate surface area is 147 Å². The van der Waals surface area contributed by atoms with Crippen LogP contribution in [-0.2, 0) is 14.8 Å². The number of anilines is 1. The lowest BCUT2D eigenvalue weighted by molar-refractivity contribution is -0.117. The number of nitrogens with one attached hydrogen (secondary N) is 1. The summed E-state index contributed by atoms with van der Waals surface area (Å²) in [6.45, 7) is 0.734. The van der Waals surface area contributed by atoms with Gasteiger partial charge in [-0.25, -0.2) is 13.1 Å². The van der Waals surface area contributed by atoms with Gasteiger partial charge in [0.25, 0.3) is 0 Å². The van der Waals surface area contributed by atoms with Gasteiger partial charge >= 0.3 is 0 Å². The van der Waals surface area contributed by atoms with Gasteiger partial charge in [-0.05, 0) is 42.3 Å². The molecule has 2 aromatic rings. The number of methoxy groups -OCH3 is 1. The molecule has 25 heavy (non-hydrogen) atoms. The van der Waals surface area contributed by atoms with Crippen LogP contribution in [0.4, 0.5) is 5.69 Å². The van der Waals surface area contributed by atoms with E-state index in [1.54, 1.807) is 17.0 Å². The van der Waals surface area contributed by atoms with E-state index in [-0.39, 0.29) is 23.3 Å². The normalized spacial score (nSPS) is 17.7. The average Bonchev–Trinajstić information content (AvgIpc) is 3.02. The first kappa shape index (κ1) is 17.4. The Morgan fingerprint density at radius 3 is 2.44 bits per heavy atom. The SMILES string of the molecule is COc1ccc(S(=O)(=O)NC[C@@H]2CC(=O)N(c3ccccc3)C2)cc1. The molecule has 0 radical (unpaired) electrons. The van der Waals surface area contributed by atoms with Crippen molar-refractivity contribution < 1.29 is 17.9 Å². The second-order valence-electron chi connectivity index (χ2n) is 5.94. The van der Waals surface area contributed by atoms with Gasteiger partial charge in [0.2, 0.25) is 15.9 Å². The van der Waals surface area contributed by atoms with E-state index in [4.69, 9.17) is 4.74 Å². The maximum absolute atomic E-state index is 12.4. The van der Waals surface area contributed by atoms with Crippen molar-refractivity contribution in [3.05, 3.63) is 54.6 Å². The van der Waals surface area contributed by atoms with Gasteiger partial charge in [-0.1, -0.05) is 18.2 Å². The van der Waals surface area contributed by atoms with Gasteiger partial charge in [0.05, 0.1) is 12.0 Å². The standard InChI is InChI=1S/C18H20N2O4S/c1-24-16-7-9-17(10-8-16)25(22,23)19-12-14-11-18(21)20(13-14)15-5-3-2-4-6-15/h2-10,14,19H,11-13H2,1H3/t14-/m0/s1. The highest BCUT2D eigenvalue weighted by molar-refractivity contribution is 7.89. The maximum atomic E-state index is 12.4. The zero-order valence-electron chi connectivity index (χ0n) is 13.9. The molecule has 0 unspecified atom stereocenters. The fraction of sp³-hybridized carbons (Fsp3) is 0.278. The first-order valence-corrected chi connectivity index (χ1v) is 9.47. The highest BCUT2D eigenvalue weighted by Crippen LogP contribution is 2.24. The summed E-state index contributed by atoms with van der Waals surface area (Å²) in [6, 6.07) is 15.6. The number of benzene rings is 2. The molecule has 0 bridgehead atoms. The number of para-hydroxylation sites is 1. The number of carbonyl (C=O) groups excluding carboxylic acids is 1. The zero-order valence-corrected chi connectivity index (χ0v) is 14.7. The van der Waals surface area contributed by atoms with Gasteiger partial charge in [-0.2, -0.15) is 0 Å². The van der Waals surface area contributed by atoms with Crippen LogP contribution >= 0.6 is 0 Å². The van der Waals surface area contributed by atoms with Gasteiger partial charge in [0.1, 0.15) is 5.75 Å². The Balaban J connectivity index is 1.62. The lowest BCUT2D eigenvalue weighted by Crippen LogP contribution is -2.31. The monoisotopic (exact) mass is 360 g/mol. The summed E-state index contributed by atoms with van der Waals surface area (Å²) in [5.41, 5.74) is 0.841. The van der Waals surface area contributed by atoms with Crippen molar-refractivity contribution in [3.63, 3.8) is 0 Å². The van der Waals surface area contributed by atoms with E-state index in [0.717, 1.165) is 5.69 Å². The maximum Gasteiger partial charge on any atom is 0.240 e. The van der Waals surface area contributed by atoms with E-state index >= 15 is 0 Å². The largest absolute Gasteiger partial charge is 0.497 e. The summed E-state index contributed by atoms with van der Waals surface area (Å²) >= 11 is 0.